The van der Waals surface area contributed by atoms with Crippen LogP contribution in [0.1, 0.15) is 36.3 Å². The number of carbonyl (C=O) groups is 1. The number of fused-ring (bicyclic) bond motifs is 1. The Morgan fingerprint density at radius 3 is 2.77 bits per heavy atom. The van der Waals surface area contributed by atoms with Gasteiger partial charge in [-0.1, -0.05) is 43.5 Å². The highest BCUT2D eigenvalue weighted by atomic mass is 16.5. The molecule has 26 heavy (non-hydrogen) atoms. The molecule has 1 saturated heterocycles. The Labute approximate surface area is 155 Å². The summed E-state index contributed by atoms with van der Waals surface area (Å²) < 4.78 is 11.6. The van der Waals surface area contributed by atoms with Crippen molar-refractivity contribution < 1.29 is 14.3 Å². The van der Waals surface area contributed by atoms with Crippen LogP contribution < -0.4 is 0 Å². The fourth-order valence-electron chi connectivity index (χ4n) is 3.66. The number of nitrogens with zero attached hydrogens (tertiary/aromatic N) is 1. The summed E-state index contributed by atoms with van der Waals surface area (Å²) in [5.74, 6) is 1.10. The summed E-state index contributed by atoms with van der Waals surface area (Å²) in [7, 11) is 0. The van der Waals surface area contributed by atoms with Crippen LogP contribution in [0, 0.1) is 0 Å². The van der Waals surface area contributed by atoms with Gasteiger partial charge in [0.25, 0.3) is 0 Å². The second-order valence-corrected chi connectivity index (χ2v) is 6.82. The lowest BCUT2D eigenvalue weighted by molar-refractivity contribution is -0.134. The zero-order valence-corrected chi connectivity index (χ0v) is 15.2. The minimum atomic E-state index is 0.127. The molecule has 2 aliphatic rings. The fraction of sp³-hybridized carbons (Fsp3) is 0.409. The van der Waals surface area contributed by atoms with Gasteiger partial charge in [0.2, 0.25) is 5.91 Å². The van der Waals surface area contributed by atoms with Gasteiger partial charge in [0, 0.05) is 38.3 Å². The van der Waals surface area contributed by atoms with Crippen LogP contribution in [0.25, 0.3) is 0 Å². The van der Waals surface area contributed by atoms with Crippen molar-refractivity contribution in [2.75, 3.05) is 19.7 Å². The van der Waals surface area contributed by atoms with Gasteiger partial charge in [-0.15, -0.1) is 0 Å². The van der Waals surface area contributed by atoms with Crippen LogP contribution in [-0.4, -0.2) is 36.6 Å². The van der Waals surface area contributed by atoms with Crippen molar-refractivity contribution in [2.24, 2.45) is 0 Å². The highest BCUT2D eigenvalue weighted by Gasteiger charge is 2.28. The molecule has 0 aromatic heterocycles. The van der Waals surface area contributed by atoms with Gasteiger partial charge in [0.15, 0.2) is 0 Å². The summed E-state index contributed by atoms with van der Waals surface area (Å²) in [6.45, 7) is 10.2. The van der Waals surface area contributed by atoms with Gasteiger partial charge in [-0.3, -0.25) is 4.79 Å². The van der Waals surface area contributed by atoms with Crippen LogP contribution in [0.5, 0.6) is 0 Å². The number of allylic oxidation sites excluding steroid dienone is 3. The average Bonchev–Trinajstić information content (AvgIpc) is 2.68. The van der Waals surface area contributed by atoms with Crippen LogP contribution in [0.3, 0.4) is 0 Å². The van der Waals surface area contributed by atoms with Crippen LogP contribution >= 0.6 is 0 Å². The van der Waals surface area contributed by atoms with Crippen LogP contribution in [0.2, 0.25) is 0 Å². The number of benzene rings is 1. The Morgan fingerprint density at radius 2 is 2.04 bits per heavy atom. The number of piperidine rings is 1. The Kier molecular flexibility index (Phi) is 6.29. The lowest BCUT2D eigenvalue weighted by Crippen LogP contribution is -2.41. The number of rotatable bonds is 6. The standard InChI is InChI=1S/C22H27NO3/c1-3-7-19(4-2)26-20-10-12-23(13-11-20)22(24)14-18-16-25-15-17-8-5-6-9-21(17)18/h3-9,18,20H,1-2,10-16H2/b19-7+. The van der Waals surface area contributed by atoms with Crippen LogP contribution in [0.4, 0.5) is 0 Å². The molecule has 0 radical (unpaired) electrons. The fourth-order valence-corrected chi connectivity index (χ4v) is 3.66. The molecule has 4 nitrogen and oxygen atoms in total. The number of hydrogen-bond donors (Lipinski definition) is 0. The normalized spacial score (nSPS) is 21.0. The third kappa shape index (κ3) is 4.44. The zero-order valence-electron chi connectivity index (χ0n) is 15.2. The van der Waals surface area contributed by atoms with E-state index in [1.54, 1.807) is 12.2 Å². The molecule has 2 aliphatic heterocycles. The summed E-state index contributed by atoms with van der Waals surface area (Å²) in [4.78, 5) is 14.7. The minimum Gasteiger partial charge on any atom is -0.490 e. The van der Waals surface area contributed by atoms with E-state index < -0.39 is 0 Å². The van der Waals surface area contributed by atoms with Crippen molar-refractivity contribution in [2.45, 2.75) is 37.9 Å². The molecule has 1 aromatic rings. The number of likely N-dealkylation sites (tertiary alicyclic amines) is 1. The second kappa shape index (κ2) is 8.86. The average molecular weight is 353 g/mol. The molecule has 1 amide bonds. The van der Waals surface area contributed by atoms with Crippen LogP contribution in [0.15, 0.2) is 61.4 Å². The van der Waals surface area contributed by atoms with Gasteiger partial charge >= 0.3 is 0 Å². The van der Waals surface area contributed by atoms with E-state index in [0.29, 0.717) is 19.6 Å². The zero-order chi connectivity index (χ0) is 18.4. The SMILES string of the molecule is C=C/C=C(\C=C)OC1CCN(C(=O)CC2COCc3ccccc32)CC1. The maximum atomic E-state index is 12.8. The van der Waals surface area contributed by atoms with E-state index in [-0.39, 0.29) is 17.9 Å². The number of amides is 1. The first-order chi connectivity index (χ1) is 12.7. The molecule has 0 N–H and O–H groups in total. The summed E-state index contributed by atoms with van der Waals surface area (Å²) in [6, 6.07) is 8.27. The summed E-state index contributed by atoms with van der Waals surface area (Å²) in [6.07, 6.45) is 7.51. The minimum absolute atomic E-state index is 0.127. The maximum absolute atomic E-state index is 12.8. The predicted molar refractivity (Wildman–Crippen MR) is 103 cm³/mol. The summed E-state index contributed by atoms with van der Waals surface area (Å²) in [5.41, 5.74) is 2.46. The van der Waals surface area contributed by atoms with Gasteiger partial charge in [-0.2, -0.15) is 0 Å². The second-order valence-electron chi connectivity index (χ2n) is 6.82. The van der Waals surface area contributed by atoms with Crippen molar-refractivity contribution in [3.63, 3.8) is 0 Å². The molecule has 1 fully saturated rings. The molecule has 138 valence electrons. The van der Waals surface area contributed by atoms with Crippen molar-refractivity contribution in [3.8, 4) is 0 Å². The summed E-state index contributed by atoms with van der Waals surface area (Å²) in [5, 5.41) is 0. The van der Waals surface area contributed by atoms with Gasteiger partial charge < -0.3 is 14.4 Å². The van der Waals surface area contributed by atoms with Crippen molar-refractivity contribution in [1.82, 2.24) is 4.90 Å². The van der Waals surface area contributed by atoms with Crippen molar-refractivity contribution in [3.05, 3.63) is 72.5 Å². The molecule has 2 heterocycles. The first kappa shape index (κ1) is 18.5. The highest BCUT2D eigenvalue weighted by Crippen LogP contribution is 2.30. The van der Waals surface area contributed by atoms with Crippen LogP contribution in [-0.2, 0) is 20.9 Å². The molecule has 1 unspecified atom stereocenters. The topological polar surface area (TPSA) is 38.8 Å². The molecule has 4 heteroatoms. The van der Waals surface area contributed by atoms with E-state index >= 15 is 0 Å². The summed E-state index contributed by atoms with van der Waals surface area (Å²) >= 11 is 0. The lowest BCUT2D eigenvalue weighted by Gasteiger charge is -2.34. The number of carbonyl (C=O) groups excluding carboxylic acids is 1. The monoisotopic (exact) mass is 353 g/mol. The molecular formula is C22H27NO3. The molecule has 1 atom stereocenters. The lowest BCUT2D eigenvalue weighted by atomic mass is 9.90. The number of ether oxygens (including phenoxy) is 2. The van der Waals surface area contributed by atoms with E-state index in [1.807, 2.05) is 23.1 Å². The first-order valence-corrected chi connectivity index (χ1v) is 9.26. The highest BCUT2D eigenvalue weighted by molar-refractivity contribution is 5.77. The van der Waals surface area contributed by atoms with Gasteiger partial charge in [0.1, 0.15) is 11.9 Å². The first-order valence-electron chi connectivity index (χ1n) is 9.26. The van der Waals surface area contributed by atoms with Crippen molar-refractivity contribution in [1.29, 1.82) is 0 Å². The Hall–Kier alpha value is -2.33. The van der Waals surface area contributed by atoms with E-state index in [0.717, 1.165) is 31.7 Å². The van der Waals surface area contributed by atoms with E-state index in [9.17, 15) is 4.79 Å². The van der Waals surface area contributed by atoms with E-state index in [1.165, 1.54) is 11.1 Å². The maximum Gasteiger partial charge on any atom is 0.223 e. The van der Waals surface area contributed by atoms with Gasteiger partial charge in [-0.25, -0.2) is 0 Å². The predicted octanol–water partition coefficient (Wildman–Crippen LogP) is 3.95. The molecule has 1 aromatic carbocycles. The third-order valence-corrected chi connectivity index (χ3v) is 5.07. The Bertz CT molecular complexity index is 686. The largest absolute Gasteiger partial charge is 0.490 e. The molecule has 0 bridgehead atoms. The quantitative estimate of drug-likeness (QED) is 0.574. The molecule has 0 saturated carbocycles. The smallest absolute Gasteiger partial charge is 0.223 e. The van der Waals surface area contributed by atoms with Gasteiger partial charge in [-0.05, 0) is 23.3 Å². The molecule has 0 aliphatic carbocycles. The molecule has 0 spiro atoms. The Balaban J connectivity index is 1.52. The van der Waals surface area contributed by atoms with Crippen molar-refractivity contribution >= 4 is 5.91 Å². The van der Waals surface area contributed by atoms with E-state index in [2.05, 4.69) is 25.3 Å². The van der Waals surface area contributed by atoms with E-state index in [4.69, 9.17) is 9.47 Å². The Morgan fingerprint density at radius 1 is 1.27 bits per heavy atom. The third-order valence-electron chi connectivity index (χ3n) is 5.07. The van der Waals surface area contributed by atoms with Gasteiger partial charge in [0.05, 0.1) is 13.2 Å². The molecular weight excluding hydrogens is 326 g/mol. The number of hydrogen-bond acceptors (Lipinski definition) is 3. The molecule has 3 rings (SSSR count).